The van der Waals surface area contributed by atoms with Gasteiger partial charge in [0, 0.05) is 11.5 Å². The topological polar surface area (TPSA) is 9.23 Å². The van der Waals surface area contributed by atoms with Crippen LogP contribution in [0.25, 0.3) is 0 Å². The molecule has 0 bridgehead atoms. The van der Waals surface area contributed by atoms with Gasteiger partial charge in [0.15, 0.2) is 0 Å². The van der Waals surface area contributed by atoms with E-state index in [-0.39, 0.29) is 0 Å². The molecule has 1 aromatic rings. The highest BCUT2D eigenvalue weighted by atomic mass is 16.5. The van der Waals surface area contributed by atoms with Crippen LogP contribution in [-0.4, -0.2) is 6.10 Å². The van der Waals surface area contributed by atoms with Gasteiger partial charge in [-0.1, -0.05) is 120 Å². The maximum atomic E-state index is 6.25. The van der Waals surface area contributed by atoms with E-state index in [1.165, 1.54) is 119 Å². The van der Waals surface area contributed by atoms with Crippen molar-refractivity contribution in [3.05, 3.63) is 71.0 Å². The molecule has 0 aliphatic heterocycles. The van der Waals surface area contributed by atoms with Gasteiger partial charge in [-0.05, 0) is 56.6 Å². The molecule has 0 aromatic heterocycles. The van der Waals surface area contributed by atoms with E-state index >= 15 is 0 Å². The Hall–Kier alpha value is -1.76. The lowest BCUT2D eigenvalue weighted by Gasteiger charge is -2.24. The third-order valence-electron chi connectivity index (χ3n) is 7.45. The molecule has 3 rings (SSSR count). The van der Waals surface area contributed by atoms with Gasteiger partial charge in [0.05, 0.1) is 6.10 Å². The lowest BCUT2D eigenvalue weighted by Crippen LogP contribution is -2.16. The second-order valence-corrected chi connectivity index (χ2v) is 10.3. The molecule has 0 heterocycles. The summed E-state index contributed by atoms with van der Waals surface area (Å²) in [6.07, 6.45) is 31.3. The molecule has 33 heavy (non-hydrogen) atoms. The van der Waals surface area contributed by atoms with Crippen LogP contribution in [0.5, 0.6) is 0 Å². The lowest BCUT2D eigenvalue weighted by molar-refractivity contribution is 0.0826. The van der Waals surface area contributed by atoms with E-state index in [4.69, 9.17) is 4.74 Å². The molecular formula is C32H48O. The van der Waals surface area contributed by atoms with Crippen molar-refractivity contribution in [2.75, 3.05) is 0 Å². The Labute approximate surface area is 204 Å². The second-order valence-electron chi connectivity index (χ2n) is 10.3. The van der Waals surface area contributed by atoms with Crippen LogP contribution in [0.15, 0.2) is 59.9 Å². The third kappa shape index (κ3) is 9.55. The van der Waals surface area contributed by atoms with Crippen molar-refractivity contribution in [2.24, 2.45) is 0 Å². The van der Waals surface area contributed by atoms with Crippen molar-refractivity contribution >= 4 is 0 Å². The molecule has 2 aliphatic carbocycles. The van der Waals surface area contributed by atoms with E-state index in [0.717, 1.165) is 5.76 Å². The van der Waals surface area contributed by atoms with Gasteiger partial charge in [-0.2, -0.15) is 0 Å². The Bertz CT molecular complexity index is 729. The Balaban J connectivity index is 1.33. The van der Waals surface area contributed by atoms with Crippen LogP contribution in [0.3, 0.4) is 0 Å². The molecule has 1 fully saturated rings. The fourth-order valence-electron chi connectivity index (χ4n) is 5.22. The Morgan fingerprint density at radius 2 is 1.33 bits per heavy atom. The first kappa shape index (κ1) is 25.9. The molecule has 182 valence electrons. The number of benzene rings is 1. The molecule has 1 saturated carbocycles. The number of allylic oxidation sites excluding steroid dienone is 6. The summed E-state index contributed by atoms with van der Waals surface area (Å²) in [7, 11) is 0. The molecule has 1 aromatic carbocycles. The smallest absolute Gasteiger partial charge is 0.100 e. The summed E-state index contributed by atoms with van der Waals surface area (Å²) in [5.74, 6) is 1.46. The minimum absolute atomic E-state index is 0.377. The molecule has 0 saturated heterocycles. The van der Waals surface area contributed by atoms with Crippen LogP contribution in [0.1, 0.15) is 127 Å². The summed E-state index contributed by atoms with van der Waals surface area (Å²) < 4.78 is 6.25. The van der Waals surface area contributed by atoms with Gasteiger partial charge in [0.25, 0.3) is 0 Å². The maximum absolute atomic E-state index is 6.25. The van der Waals surface area contributed by atoms with Crippen LogP contribution in [0.2, 0.25) is 0 Å². The van der Waals surface area contributed by atoms with Crippen molar-refractivity contribution in [1.82, 2.24) is 0 Å². The number of hydrogen-bond acceptors (Lipinski definition) is 1. The predicted octanol–water partition coefficient (Wildman–Crippen LogP) is 9.98. The molecule has 1 heteroatoms. The van der Waals surface area contributed by atoms with Crippen molar-refractivity contribution in [3.8, 4) is 0 Å². The first-order chi connectivity index (χ1) is 16.3. The number of hydrogen-bond donors (Lipinski definition) is 0. The zero-order valence-corrected chi connectivity index (χ0v) is 21.5. The fraction of sp³-hybridized carbons (Fsp3) is 0.625. The second kappa shape index (κ2) is 15.2. The molecule has 0 unspecified atom stereocenters. The van der Waals surface area contributed by atoms with Crippen molar-refractivity contribution in [3.63, 3.8) is 0 Å². The Morgan fingerprint density at radius 3 is 1.94 bits per heavy atom. The minimum Gasteiger partial charge on any atom is -0.494 e. The quantitative estimate of drug-likeness (QED) is 0.203. The lowest BCUT2D eigenvalue weighted by atomic mass is 9.91. The molecule has 0 atom stereocenters. The van der Waals surface area contributed by atoms with E-state index in [1.54, 1.807) is 0 Å². The Morgan fingerprint density at radius 1 is 0.758 bits per heavy atom. The predicted molar refractivity (Wildman–Crippen MR) is 144 cm³/mol. The maximum Gasteiger partial charge on any atom is 0.100 e. The molecule has 2 aliphatic rings. The zero-order chi connectivity index (χ0) is 23.1. The summed E-state index contributed by atoms with van der Waals surface area (Å²) in [5, 5.41) is 0. The van der Waals surface area contributed by atoms with Gasteiger partial charge in [-0.3, -0.25) is 0 Å². The summed E-state index contributed by atoms with van der Waals surface area (Å²) in [6.45, 7) is 4.42. The number of aryl methyl sites for hydroxylation is 1. The van der Waals surface area contributed by atoms with Crippen LogP contribution in [-0.2, 0) is 11.2 Å². The monoisotopic (exact) mass is 448 g/mol. The number of ether oxygens (including phenoxy) is 1. The molecule has 1 nitrogen and oxygen atoms in total. The third-order valence-corrected chi connectivity index (χ3v) is 7.45. The minimum atomic E-state index is 0.377. The van der Waals surface area contributed by atoms with E-state index in [1.807, 2.05) is 0 Å². The summed E-state index contributed by atoms with van der Waals surface area (Å²) >= 11 is 0. The largest absolute Gasteiger partial charge is 0.494 e. The van der Waals surface area contributed by atoms with Crippen LogP contribution in [0, 0.1) is 0 Å². The molecule has 0 spiro atoms. The van der Waals surface area contributed by atoms with Crippen molar-refractivity contribution in [2.45, 2.75) is 129 Å². The van der Waals surface area contributed by atoms with Gasteiger partial charge < -0.3 is 4.74 Å². The fourth-order valence-corrected chi connectivity index (χ4v) is 5.22. The van der Waals surface area contributed by atoms with E-state index in [0.29, 0.717) is 12.0 Å². The van der Waals surface area contributed by atoms with Crippen LogP contribution in [0.4, 0.5) is 0 Å². The van der Waals surface area contributed by atoms with Gasteiger partial charge in [-0.25, -0.2) is 0 Å². The first-order valence-electron chi connectivity index (χ1n) is 14.1. The average Bonchev–Trinajstić information content (AvgIpc) is 2.86. The van der Waals surface area contributed by atoms with Crippen molar-refractivity contribution in [1.29, 1.82) is 0 Å². The normalized spacial score (nSPS) is 18.6. The van der Waals surface area contributed by atoms with E-state index in [2.05, 4.69) is 62.4 Å². The Kier molecular flexibility index (Phi) is 11.9. The summed E-state index contributed by atoms with van der Waals surface area (Å²) in [5.41, 5.74) is 4.10. The molecule has 0 radical (unpaired) electrons. The van der Waals surface area contributed by atoms with Gasteiger partial charge in [0.2, 0.25) is 0 Å². The van der Waals surface area contributed by atoms with Crippen LogP contribution >= 0.6 is 0 Å². The zero-order valence-electron chi connectivity index (χ0n) is 21.5. The number of rotatable bonds is 14. The van der Waals surface area contributed by atoms with Crippen LogP contribution < -0.4 is 0 Å². The molecular weight excluding hydrogens is 400 g/mol. The van der Waals surface area contributed by atoms with E-state index in [9.17, 15) is 0 Å². The molecule has 0 N–H and O–H groups in total. The standard InChI is InChI=1S/C32H48O/c1-3-4-5-6-7-8-9-10-11-13-16-28-19-21-30(22-20-28)31-25-23-29(24-26-31)27(2)33-32-17-14-12-15-18-32/h19-26,31-32H,3-18H2,1-2H3. The van der Waals surface area contributed by atoms with Gasteiger partial charge in [0.1, 0.15) is 5.76 Å². The summed E-state index contributed by atoms with van der Waals surface area (Å²) in [6, 6.07) is 9.33. The SMILES string of the molecule is CCCCCCCCCCCCc1ccc(C2C=CC(=C(C)OC3CCCCC3)C=C2)cc1. The van der Waals surface area contributed by atoms with E-state index < -0.39 is 0 Å². The molecule has 0 amide bonds. The highest BCUT2D eigenvalue weighted by Gasteiger charge is 2.16. The van der Waals surface area contributed by atoms with Gasteiger partial charge in [-0.15, -0.1) is 0 Å². The first-order valence-corrected chi connectivity index (χ1v) is 14.1. The summed E-state index contributed by atoms with van der Waals surface area (Å²) in [4.78, 5) is 0. The highest BCUT2D eigenvalue weighted by molar-refractivity contribution is 5.43. The highest BCUT2D eigenvalue weighted by Crippen LogP contribution is 2.28. The van der Waals surface area contributed by atoms with Crippen molar-refractivity contribution < 1.29 is 4.74 Å². The average molecular weight is 449 g/mol. The number of unbranched alkanes of at least 4 members (excludes halogenated alkanes) is 9. The van der Waals surface area contributed by atoms with Gasteiger partial charge >= 0.3 is 0 Å².